The van der Waals surface area contributed by atoms with Crippen molar-refractivity contribution in [2.75, 3.05) is 12.3 Å². The van der Waals surface area contributed by atoms with Gasteiger partial charge in [0, 0.05) is 6.54 Å². The zero-order chi connectivity index (χ0) is 17.2. The molecule has 0 spiro atoms. The molecule has 11 heteroatoms. The third-order valence-electron chi connectivity index (χ3n) is 3.68. The Bertz CT molecular complexity index is 690. The van der Waals surface area contributed by atoms with Gasteiger partial charge in [0.2, 0.25) is 0 Å². The molecular weight excluding hydrogens is 365 g/mol. The van der Waals surface area contributed by atoms with Crippen LogP contribution in [0.25, 0.3) is 0 Å². The van der Waals surface area contributed by atoms with E-state index in [1.165, 1.54) is 10.9 Å². The lowest BCUT2D eigenvalue weighted by molar-refractivity contribution is 0.201. The second kappa shape index (κ2) is 7.23. The molecule has 1 saturated carbocycles. The summed E-state index contributed by atoms with van der Waals surface area (Å²) in [5, 5.41) is 10.9. The van der Waals surface area contributed by atoms with E-state index in [1.54, 1.807) is 6.92 Å². The van der Waals surface area contributed by atoms with Crippen LogP contribution in [0.4, 0.5) is 5.82 Å². The van der Waals surface area contributed by atoms with Gasteiger partial charge in [-0.25, -0.2) is 4.68 Å². The molecule has 128 valence electrons. The highest BCUT2D eigenvalue weighted by Crippen LogP contribution is 2.40. The molecule has 0 bridgehead atoms. The zero-order valence-electron chi connectivity index (χ0n) is 12.3. The van der Waals surface area contributed by atoms with E-state index in [0.717, 1.165) is 0 Å². The fourth-order valence-electron chi connectivity index (χ4n) is 2.55. The predicted molar refractivity (Wildman–Crippen MR) is 86.4 cm³/mol. The smallest absolute Gasteiger partial charge is 0.286 e. The largest absolute Gasteiger partial charge is 0.383 e. The van der Waals surface area contributed by atoms with Crippen LogP contribution < -0.4 is 11.2 Å². The number of nitrogen functional groups attached to an aromatic ring is 1. The van der Waals surface area contributed by atoms with Crippen LogP contribution in [0.15, 0.2) is 6.20 Å². The molecule has 0 radical (unpaired) electrons. The minimum absolute atomic E-state index is 0.143. The third kappa shape index (κ3) is 3.72. The molecule has 1 aliphatic carbocycles. The van der Waals surface area contributed by atoms with Crippen molar-refractivity contribution >= 4 is 39.1 Å². The lowest BCUT2D eigenvalue weighted by Gasteiger charge is -2.36. The van der Waals surface area contributed by atoms with Crippen LogP contribution in [0.2, 0.25) is 0 Å². The first-order chi connectivity index (χ1) is 10.8. The number of rotatable bonds is 5. The molecule has 8 nitrogen and oxygen atoms in total. The van der Waals surface area contributed by atoms with Gasteiger partial charge in [-0.05, 0) is 12.8 Å². The van der Waals surface area contributed by atoms with Gasteiger partial charge in [0.25, 0.3) is 10.1 Å². The van der Waals surface area contributed by atoms with E-state index in [2.05, 4.69) is 10.6 Å². The maximum absolute atomic E-state index is 12.1. The molecule has 2 unspecified atom stereocenters. The van der Waals surface area contributed by atoms with E-state index in [-0.39, 0.29) is 24.2 Å². The molecular formula is C12H17Cl2N5O3S. The number of nitriles is 1. The zero-order valence-corrected chi connectivity index (χ0v) is 14.6. The summed E-state index contributed by atoms with van der Waals surface area (Å²) in [6.45, 7) is 2.07. The monoisotopic (exact) mass is 381 g/mol. The number of aromatic nitrogens is 2. The van der Waals surface area contributed by atoms with Crippen molar-refractivity contribution in [3.8, 4) is 6.07 Å². The molecule has 3 N–H and O–H groups in total. The van der Waals surface area contributed by atoms with E-state index >= 15 is 0 Å². The van der Waals surface area contributed by atoms with Crippen molar-refractivity contribution in [2.24, 2.45) is 0 Å². The first-order valence-corrected chi connectivity index (χ1v) is 9.32. The van der Waals surface area contributed by atoms with Crippen molar-refractivity contribution < 1.29 is 12.7 Å². The van der Waals surface area contributed by atoms with E-state index in [4.69, 9.17) is 38.5 Å². The van der Waals surface area contributed by atoms with Gasteiger partial charge in [0.05, 0.1) is 28.2 Å². The topological polar surface area (TPSA) is 123 Å². The Morgan fingerprint density at radius 2 is 2.13 bits per heavy atom. The van der Waals surface area contributed by atoms with E-state index in [0.29, 0.717) is 6.54 Å². The number of hydroxylamine groups is 1. The van der Waals surface area contributed by atoms with Gasteiger partial charge < -0.3 is 5.73 Å². The molecule has 1 aromatic rings. The molecule has 0 aliphatic heterocycles. The quantitative estimate of drug-likeness (QED) is 0.578. The molecule has 0 saturated heterocycles. The first-order valence-electron chi connectivity index (χ1n) is 6.98. The van der Waals surface area contributed by atoms with Gasteiger partial charge >= 0.3 is 0 Å². The van der Waals surface area contributed by atoms with Crippen LogP contribution in [0.1, 0.15) is 31.4 Å². The highest BCUT2D eigenvalue weighted by molar-refractivity contribution is 7.87. The highest BCUT2D eigenvalue weighted by Gasteiger charge is 2.44. The molecule has 0 amide bonds. The van der Waals surface area contributed by atoms with Crippen molar-refractivity contribution in [3.05, 3.63) is 11.8 Å². The number of nitrogens with two attached hydrogens (primary N) is 1. The Labute approximate surface area is 144 Å². The number of alkyl halides is 2. The molecule has 1 aromatic heterocycles. The number of nitrogens with zero attached hydrogens (tertiary/aromatic N) is 3. The van der Waals surface area contributed by atoms with Crippen LogP contribution in [0.3, 0.4) is 0 Å². The van der Waals surface area contributed by atoms with Gasteiger partial charge in [-0.3, -0.25) is 0 Å². The van der Waals surface area contributed by atoms with Gasteiger partial charge in [0.1, 0.15) is 17.5 Å². The first kappa shape index (κ1) is 18.3. The van der Waals surface area contributed by atoms with Gasteiger partial charge in [-0.15, -0.1) is 23.2 Å². The van der Waals surface area contributed by atoms with Crippen molar-refractivity contribution in [2.45, 2.75) is 41.8 Å². The number of nitrogens with one attached hydrogen (secondary N) is 1. The lowest BCUT2D eigenvalue weighted by Crippen LogP contribution is -2.43. The minimum atomic E-state index is -3.82. The normalized spacial score (nSPS) is 28.4. The predicted octanol–water partition coefficient (Wildman–Crippen LogP) is 1.13. The third-order valence-corrected chi connectivity index (χ3v) is 6.11. The van der Waals surface area contributed by atoms with Crippen molar-refractivity contribution in [1.29, 1.82) is 5.26 Å². The Morgan fingerprint density at radius 1 is 1.52 bits per heavy atom. The standard InChI is InChI=1S/C12H17Cl2N5O3S/c1-2-18-22-23(20,21)8-3-9(13)11(10(14)4-8)19-12(16)7(5-15)6-17-19/h6,8-11,18H,2-4,16H2,1H3. The number of anilines is 1. The number of hydrogen-bond acceptors (Lipinski definition) is 7. The van der Waals surface area contributed by atoms with Crippen molar-refractivity contribution in [1.82, 2.24) is 15.3 Å². The summed E-state index contributed by atoms with van der Waals surface area (Å²) in [7, 11) is -3.82. The average molecular weight is 382 g/mol. The molecule has 1 fully saturated rings. The Kier molecular flexibility index (Phi) is 5.75. The summed E-state index contributed by atoms with van der Waals surface area (Å²) < 4.78 is 30.3. The average Bonchev–Trinajstić information content (AvgIpc) is 2.85. The Morgan fingerprint density at radius 3 is 2.61 bits per heavy atom. The fourth-order valence-corrected chi connectivity index (χ4v) is 5.14. The number of halogens is 2. The Hall–Kier alpha value is -1.05. The Balaban J connectivity index is 2.20. The number of hydrogen-bond donors (Lipinski definition) is 2. The second-order valence-electron chi connectivity index (χ2n) is 5.19. The molecule has 2 atom stereocenters. The molecule has 1 aliphatic rings. The molecule has 0 aromatic carbocycles. The summed E-state index contributed by atoms with van der Waals surface area (Å²) in [5.41, 5.74) is 8.42. The van der Waals surface area contributed by atoms with E-state index in [1.807, 2.05) is 6.07 Å². The summed E-state index contributed by atoms with van der Waals surface area (Å²) in [5.74, 6) is 0.166. The summed E-state index contributed by atoms with van der Waals surface area (Å²) in [4.78, 5) is 0. The summed E-state index contributed by atoms with van der Waals surface area (Å²) in [6, 6.07) is 1.41. The van der Waals surface area contributed by atoms with E-state index in [9.17, 15) is 8.42 Å². The highest BCUT2D eigenvalue weighted by atomic mass is 35.5. The van der Waals surface area contributed by atoms with Crippen molar-refractivity contribution in [3.63, 3.8) is 0 Å². The minimum Gasteiger partial charge on any atom is -0.383 e. The van der Waals surface area contributed by atoms with Gasteiger partial charge in [0.15, 0.2) is 0 Å². The molecule has 23 heavy (non-hydrogen) atoms. The molecule has 1 heterocycles. The fraction of sp³-hybridized carbons (Fsp3) is 0.667. The molecule has 2 rings (SSSR count). The second-order valence-corrected chi connectivity index (χ2v) is 8.13. The van der Waals surface area contributed by atoms with Gasteiger partial charge in [-0.2, -0.15) is 28.5 Å². The summed E-state index contributed by atoms with van der Waals surface area (Å²) >= 11 is 12.7. The van der Waals surface area contributed by atoms with E-state index < -0.39 is 32.2 Å². The SMILES string of the molecule is CCNOS(=O)(=O)C1CC(Cl)C(n2ncc(C#N)c2N)C(Cl)C1. The maximum Gasteiger partial charge on any atom is 0.286 e. The van der Waals surface area contributed by atoms with Crippen LogP contribution in [-0.2, 0) is 14.4 Å². The van der Waals surface area contributed by atoms with Crippen LogP contribution >= 0.6 is 23.2 Å². The van der Waals surface area contributed by atoms with Gasteiger partial charge in [-0.1, -0.05) is 6.92 Å². The van der Waals surface area contributed by atoms with Crippen LogP contribution in [0, 0.1) is 11.3 Å². The van der Waals surface area contributed by atoms with Crippen LogP contribution in [0.5, 0.6) is 0 Å². The summed E-state index contributed by atoms with van der Waals surface area (Å²) in [6.07, 6.45) is 1.62. The van der Waals surface area contributed by atoms with Crippen LogP contribution in [-0.4, -0.2) is 40.7 Å². The lowest BCUT2D eigenvalue weighted by atomic mass is 9.94. The maximum atomic E-state index is 12.1.